The number of hydrogen-bond donors (Lipinski definition) is 3. The summed E-state index contributed by atoms with van der Waals surface area (Å²) < 4.78 is 0.851. The summed E-state index contributed by atoms with van der Waals surface area (Å²) in [4.78, 5) is 0. The smallest absolute Gasteiger partial charge is 0.191 e. The summed E-state index contributed by atoms with van der Waals surface area (Å²) in [5.74, 6) is 0.139. The number of phenols is 1. The molecule has 3 N–H and O–H groups in total. The highest BCUT2D eigenvalue weighted by molar-refractivity contribution is 9.10. The third-order valence-electron chi connectivity index (χ3n) is 2.46. The highest BCUT2D eigenvalue weighted by Gasteiger charge is 1.99. The zero-order valence-electron chi connectivity index (χ0n) is 10.7. The van der Waals surface area contributed by atoms with Gasteiger partial charge in [-0.25, -0.2) is 0 Å². The van der Waals surface area contributed by atoms with Gasteiger partial charge in [-0.2, -0.15) is 5.10 Å². The summed E-state index contributed by atoms with van der Waals surface area (Å²) >= 11 is 14.2. The lowest BCUT2D eigenvalue weighted by atomic mass is 10.2. The van der Waals surface area contributed by atoms with E-state index in [4.69, 9.17) is 23.8 Å². The molecule has 0 saturated heterocycles. The average Bonchev–Trinajstić information content (AvgIpc) is 2.45. The molecule has 0 atom stereocenters. The Kier molecular flexibility index (Phi) is 5.55. The van der Waals surface area contributed by atoms with Gasteiger partial charge < -0.3 is 10.4 Å². The maximum atomic E-state index is 9.66. The minimum atomic E-state index is 0.139. The van der Waals surface area contributed by atoms with Gasteiger partial charge in [0, 0.05) is 20.7 Å². The average molecular weight is 385 g/mol. The summed E-state index contributed by atoms with van der Waals surface area (Å²) in [6.45, 7) is 0. The summed E-state index contributed by atoms with van der Waals surface area (Å²) in [5.41, 5.74) is 4.05. The van der Waals surface area contributed by atoms with Crippen LogP contribution in [0.1, 0.15) is 5.56 Å². The predicted molar refractivity (Wildman–Crippen MR) is 94.2 cm³/mol. The molecule has 0 aliphatic carbocycles. The monoisotopic (exact) mass is 383 g/mol. The van der Waals surface area contributed by atoms with Crippen LogP contribution in [0.15, 0.2) is 52.0 Å². The van der Waals surface area contributed by atoms with E-state index < -0.39 is 0 Å². The molecular weight excluding hydrogens is 374 g/mol. The second-order valence-corrected chi connectivity index (χ2v) is 5.79. The number of phenolic OH excluding ortho intramolecular Hbond substituents is 1. The first-order chi connectivity index (χ1) is 10.0. The van der Waals surface area contributed by atoms with Crippen molar-refractivity contribution in [1.82, 2.24) is 5.43 Å². The van der Waals surface area contributed by atoms with E-state index in [1.54, 1.807) is 42.5 Å². The summed E-state index contributed by atoms with van der Waals surface area (Å²) in [6.07, 6.45) is 1.48. The second kappa shape index (κ2) is 7.40. The SMILES string of the molecule is Oc1ccc(Br)cc1/C=N/NC(=S)Nc1ccc(Cl)cc1. The number of nitrogens with one attached hydrogen (secondary N) is 2. The van der Waals surface area contributed by atoms with Crippen LogP contribution in [0.2, 0.25) is 5.02 Å². The van der Waals surface area contributed by atoms with Gasteiger partial charge in [-0.3, -0.25) is 5.43 Å². The fourth-order valence-electron chi connectivity index (χ4n) is 1.48. The molecule has 108 valence electrons. The molecule has 2 aromatic carbocycles. The van der Waals surface area contributed by atoms with Crippen LogP contribution >= 0.6 is 39.7 Å². The molecule has 0 amide bonds. The fraction of sp³-hybridized carbons (Fsp3) is 0. The molecule has 2 rings (SSSR count). The third kappa shape index (κ3) is 5.00. The lowest BCUT2D eigenvalue weighted by molar-refractivity contribution is 0.474. The van der Waals surface area contributed by atoms with E-state index in [0.29, 0.717) is 15.7 Å². The van der Waals surface area contributed by atoms with Crippen LogP contribution in [0, 0.1) is 0 Å². The van der Waals surface area contributed by atoms with Gasteiger partial charge >= 0.3 is 0 Å². The van der Waals surface area contributed by atoms with E-state index in [-0.39, 0.29) is 5.75 Å². The number of hydrazone groups is 1. The van der Waals surface area contributed by atoms with Gasteiger partial charge in [-0.15, -0.1) is 0 Å². The largest absolute Gasteiger partial charge is 0.507 e. The van der Waals surface area contributed by atoms with Crippen LogP contribution in [-0.4, -0.2) is 16.4 Å². The maximum absolute atomic E-state index is 9.66. The van der Waals surface area contributed by atoms with Crippen LogP contribution in [0.25, 0.3) is 0 Å². The van der Waals surface area contributed by atoms with Gasteiger partial charge in [0.25, 0.3) is 0 Å². The van der Waals surface area contributed by atoms with Crippen molar-refractivity contribution >= 4 is 56.8 Å². The topological polar surface area (TPSA) is 56.7 Å². The minimum Gasteiger partial charge on any atom is -0.507 e. The quantitative estimate of drug-likeness (QED) is 0.423. The lowest BCUT2D eigenvalue weighted by Gasteiger charge is -2.06. The van der Waals surface area contributed by atoms with Crippen molar-refractivity contribution in [2.75, 3.05) is 5.32 Å². The highest BCUT2D eigenvalue weighted by atomic mass is 79.9. The molecule has 2 aromatic rings. The molecule has 0 heterocycles. The van der Waals surface area contributed by atoms with Crippen molar-refractivity contribution in [1.29, 1.82) is 0 Å². The van der Waals surface area contributed by atoms with E-state index in [1.807, 2.05) is 0 Å². The van der Waals surface area contributed by atoms with Crippen LogP contribution in [0.4, 0.5) is 5.69 Å². The van der Waals surface area contributed by atoms with E-state index in [2.05, 4.69) is 31.8 Å². The number of thiocarbonyl (C=S) groups is 1. The maximum Gasteiger partial charge on any atom is 0.191 e. The standard InChI is InChI=1S/C14H11BrClN3OS/c15-10-1-6-13(20)9(7-10)8-17-19-14(21)18-12-4-2-11(16)3-5-12/h1-8,20H,(H2,18,19,21)/b17-8+. The molecule has 21 heavy (non-hydrogen) atoms. The highest BCUT2D eigenvalue weighted by Crippen LogP contribution is 2.19. The van der Waals surface area contributed by atoms with Crippen LogP contribution < -0.4 is 10.7 Å². The van der Waals surface area contributed by atoms with Gasteiger partial charge in [-0.05, 0) is 54.7 Å². The molecule has 0 aliphatic heterocycles. The van der Waals surface area contributed by atoms with Crippen LogP contribution in [-0.2, 0) is 0 Å². The zero-order valence-corrected chi connectivity index (χ0v) is 13.8. The molecular formula is C14H11BrClN3OS. The van der Waals surface area contributed by atoms with Crippen molar-refractivity contribution < 1.29 is 5.11 Å². The molecule has 0 spiro atoms. The van der Waals surface area contributed by atoms with E-state index >= 15 is 0 Å². The Morgan fingerprint density at radius 3 is 2.67 bits per heavy atom. The van der Waals surface area contributed by atoms with Crippen molar-refractivity contribution in [3.05, 3.63) is 57.5 Å². The fourth-order valence-corrected chi connectivity index (χ4v) is 2.16. The summed E-state index contributed by atoms with van der Waals surface area (Å²) in [7, 11) is 0. The Morgan fingerprint density at radius 2 is 1.95 bits per heavy atom. The Bertz CT molecular complexity index is 676. The molecule has 0 unspecified atom stereocenters. The number of halogens is 2. The molecule has 0 bridgehead atoms. The van der Waals surface area contributed by atoms with Crippen molar-refractivity contribution in [3.8, 4) is 5.75 Å². The first-order valence-electron chi connectivity index (χ1n) is 5.89. The Labute approximate surface area is 141 Å². The van der Waals surface area contributed by atoms with Crippen molar-refractivity contribution in [2.24, 2.45) is 5.10 Å². The molecule has 0 radical (unpaired) electrons. The van der Waals surface area contributed by atoms with Gasteiger partial charge in [0.2, 0.25) is 0 Å². The number of nitrogens with zero attached hydrogens (tertiary/aromatic N) is 1. The summed E-state index contributed by atoms with van der Waals surface area (Å²) in [5, 5.41) is 17.6. The third-order valence-corrected chi connectivity index (χ3v) is 3.40. The van der Waals surface area contributed by atoms with Crippen molar-refractivity contribution in [3.63, 3.8) is 0 Å². The number of anilines is 1. The number of benzene rings is 2. The van der Waals surface area contributed by atoms with Crippen LogP contribution in [0.5, 0.6) is 5.75 Å². The lowest BCUT2D eigenvalue weighted by Crippen LogP contribution is -2.23. The minimum absolute atomic E-state index is 0.139. The zero-order chi connectivity index (χ0) is 15.2. The van der Waals surface area contributed by atoms with Gasteiger partial charge in [0.15, 0.2) is 5.11 Å². The first-order valence-corrected chi connectivity index (χ1v) is 7.46. The summed E-state index contributed by atoms with van der Waals surface area (Å²) in [6, 6.07) is 12.2. The number of hydrogen-bond acceptors (Lipinski definition) is 3. The van der Waals surface area contributed by atoms with E-state index in [9.17, 15) is 5.11 Å². The van der Waals surface area contributed by atoms with Crippen LogP contribution in [0.3, 0.4) is 0 Å². The van der Waals surface area contributed by atoms with Gasteiger partial charge in [0.05, 0.1) is 6.21 Å². The second-order valence-electron chi connectivity index (χ2n) is 4.03. The molecule has 7 heteroatoms. The normalized spacial score (nSPS) is 10.6. The Hall–Kier alpha value is -1.63. The first kappa shape index (κ1) is 15.8. The molecule has 0 saturated carbocycles. The molecule has 4 nitrogen and oxygen atoms in total. The number of rotatable bonds is 3. The van der Waals surface area contributed by atoms with Gasteiger partial charge in [0.1, 0.15) is 5.75 Å². The Morgan fingerprint density at radius 1 is 1.24 bits per heavy atom. The predicted octanol–water partition coefficient (Wildman–Crippen LogP) is 4.13. The van der Waals surface area contributed by atoms with Gasteiger partial charge in [-0.1, -0.05) is 27.5 Å². The van der Waals surface area contributed by atoms with Crippen molar-refractivity contribution in [2.45, 2.75) is 0 Å². The van der Waals surface area contributed by atoms with E-state index in [1.165, 1.54) is 6.21 Å². The Balaban J connectivity index is 1.93. The molecule has 0 fully saturated rings. The molecule has 0 aliphatic rings. The molecule has 0 aromatic heterocycles. The van der Waals surface area contributed by atoms with E-state index in [0.717, 1.165) is 10.2 Å². The number of aromatic hydroxyl groups is 1.